The van der Waals surface area contributed by atoms with E-state index in [2.05, 4.69) is 14.4 Å². The van der Waals surface area contributed by atoms with Gasteiger partial charge in [-0.1, -0.05) is 35.3 Å². The summed E-state index contributed by atoms with van der Waals surface area (Å²) in [4.78, 5) is 16.7. The first-order valence-corrected chi connectivity index (χ1v) is 11.0. The van der Waals surface area contributed by atoms with E-state index in [0.29, 0.717) is 10.6 Å². The summed E-state index contributed by atoms with van der Waals surface area (Å²) in [5.41, 5.74) is -0.769. The minimum absolute atomic E-state index is 0.00800. The molecule has 12 heteroatoms. The van der Waals surface area contributed by atoms with Gasteiger partial charge in [0.05, 0.1) is 21.2 Å². The first kappa shape index (κ1) is 23.8. The van der Waals surface area contributed by atoms with Crippen molar-refractivity contribution >= 4 is 44.7 Å². The quantitative estimate of drug-likeness (QED) is 0.439. The van der Waals surface area contributed by atoms with E-state index in [-0.39, 0.29) is 15.6 Å². The Labute approximate surface area is 191 Å². The molecule has 2 aromatic carbocycles. The predicted octanol–water partition coefficient (Wildman–Crippen LogP) is 5.63. The number of para-hydroxylation sites is 1. The van der Waals surface area contributed by atoms with Gasteiger partial charge in [-0.05, 0) is 48.9 Å². The molecule has 0 amide bonds. The average Bonchev–Trinajstić information content (AvgIpc) is 2.68. The number of pyridine rings is 1. The number of aromatic nitrogens is 1. The van der Waals surface area contributed by atoms with Crippen molar-refractivity contribution in [3.8, 4) is 5.75 Å². The Kier molecular flexibility index (Phi) is 6.68. The maximum absolute atomic E-state index is 13.0. The Morgan fingerprint density at radius 1 is 1.09 bits per heavy atom. The number of carbonyl (C=O) groups is 1. The van der Waals surface area contributed by atoms with Crippen molar-refractivity contribution in [2.45, 2.75) is 18.2 Å². The zero-order valence-electron chi connectivity index (χ0n) is 16.1. The van der Waals surface area contributed by atoms with Crippen molar-refractivity contribution in [3.05, 3.63) is 81.6 Å². The molecule has 0 saturated heterocycles. The Morgan fingerprint density at radius 2 is 1.78 bits per heavy atom. The monoisotopic (exact) mass is 504 g/mol. The number of nitrogens with one attached hydrogen (secondary N) is 1. The molecule has 3 rings (SSSR count). The third kappa shape index (κ3) is 5.50. The Hall–Kier alpha value is -2.82. The molecule has 0 atom stereocenters. The van der Waals surface area contributed by atoms with Gasteiger partial charge in [0.25, 0.3) is 10.0 Å². The fourth-order valence-electron chi connectivity index (χ4n) is 2.68. The number of rotatable bonds is 6. The number of hydrogen-bond donors (Lipinski definition) is 1. The van der Waals surface area contributed by atoms with Crippen LogP contribution in [0.3, 0.4) is 0 Å². The van der Waals surface area contributed by atoms with Gasteiger partial charge >= 0.3 is 6.36 Å². The summed E-state index contributed by atoms with van der Waals surface area (Å²) in [6.07, 6.45) is -3.98. The molecule has 32 heavy (non-hydrogen) atoms. The van der Waals surface area contributed by atoms with Crippen LogP contribution in [0.25, 0.3) is 0 Å². The molecule has 0 unspecified atom stereocenters. The van der Waals surface area contributed by atoms with Crippen LogP contribution in [0.1, 0.15) is 21.6 Å². The zero-order valence-corrected chi connectivity index (χ0v) is 18.4. The van der Waals surface area contributed by atoms with Crippen molar-refractivity contribution in [1.29, 1.82) is 0 Å². The summed E-state index contributed by atoms with van der Waals surface area (Å²) in [6, 6.07) is 9.71. The van der Waals surface area contributed by atoms with E-state index in [1.165, 1.54) is 30.3 Å². The fraction of sp³-hybridized carbons (Fsp3) is 0.100. The Morgan fingerprint density at radius 3 is 2.44 bits per heavy atom. The van der Waals surface area contributed by atoms with Crippen molar-refractivity contribution in [1.82, 2.24) is 4.98 Å². The maximum Gasteiger partial charge on any atom is 0.573 e. The number of ether oxygens (including phenoxy) is 1. The third-order valence-electron chi connectivity index (χ3n) is 4.11. The summed E-state index contributed by atoms with van der Waals surface area (Å²) >= 11 is 11.8. The normalized spacial score (nSPS) is 11.8. The molecule has 0 bridgehead atoms. The Bertz CT molecular complexity index is 1300. The topological polar surface area (TPSA) is 85.4 Å². The Balaban J connectivity index is 2.04. The zero-order chi connectivity index (χ0) is 23.7. The number of ketones is 1. The highest BCUT2D eigenvalue weighted by atomic mass is 35.5. The number of sulfonamides is 1. The van der Waals surface area contributed by atoms with Crippen LogP contribution in [0, 0.1) is 6.92 Å². The number of nitrogens with zero attached hydrogens (tertiary/aromatic N) is 1. The van der Waals surface area contributed by atoms with Crippen LogP contribution in [0.5, 0.6) is 5.75 Å². The minimum Gasteiger partial charge on any atom is -0.405 e. The third-order valence-corrected chi connectivity index (χ3v) is 6.10. The van der Waals surface area contributed by atoms with E-state index in [0.717, 1.165) is 24.4 Å². The number of benzene rings is 2. The highest BCUT2D eigenvalue weighted by Crippen LogP contribution is 2.31. The molecule has 0 aliphatic carbocycles. The molecule has 1 aromatic heterocycles. The van der Waals surface area contributed by atoms with Gasteiger partial charge in [0, 0.05) is 11.2 Å². The molecule has 0 fully saturated rings. The van der Waals surface area contributed by atoms with Crippen LogP contribution >= 0.6 is 23.2 Å². The van der Waals surface area contributed by atoms with Gasteiger partial charge in [-0.3, -0.25) is 9.52 Å². The second-order valence-electron chi connectivity index (χ2n) is 6.44. The SMILES string of the molecule is Cc1cc(S(=O)(=O)Nc2cc(Cl)cnc2C(=O)c2ccccc2OC(F)(F)F)ccc1Cl. The van der Waals surface area contributed by atoms with E-state index < -0.39 is 39.2 Å². The predicted molar refractivity (Wildman–Crippen MR) is 113 cm³/mol. The lowest BCUT2D eigenvalue weighted by atomic mass is 10.1. The van der Waals surface area contributed by atoms with Gasteiger partial charge in [-0.25, -0.2) is 13.4 Å². The molecule has 0 spiro atoms. The van der Waals surface area contributed by atoms with Gasteiger partial charge in [0.1, 0.15) is 11.4 Å². The van der Waals surface area contributed by atoms with Crippen molar-refractivity contribution in [2.24, 2.45) is 0 Å². The van der Waals surface area contributed by atoms with Crippen LogP contribution in [0.15, 0.2) is 59.6 Å². The molecule has 168 valence electrons. The number of anilines is 1. The van der Waals surface area contributed by atoms with Crippen molar-refractivity contribution in [3.63, 3.8) is 0 Å². The molecule has 0 aliphatic rings. The molecule has 0 aliphatic heterocycles. The second kappa shape index (κ2) is 8.97. The van der Waals surface area contributed by atoms with Gasteiger partial charge < -0.3 is 4.74 Å². The molecule has 1 heterocycles. The van der Waals surface area contributed by atoms with Crippen LogP contribution < -0.4 is 9.46 Å². The molecular weight excluding hydrogens is 492 g/mol. The van der Waals surface area contributed by atoms with E-state index in [4.69, 9.17) is 23.2 Å². The molecule has 3 aromatic rings. The lowest BCUT2D eigenvalue weighted by Gasteiger charge is -2.15. The number of hydrogen-bond acceptors (Lipinski definition) is 5. The highest BCUT2D eigenvalue weighted by Gasteiger charge is 2.33. The van der Waals surface area contributed by atoms with Crippen molar-refractivity contribution in [2.75, 3.05) is 4.72 Å². The van der Waals surface area contributed by atoms with E-state index >= 15 is 0 Å². The van der Waals surface area contributed by atoms with Crippen LogP contribution in [0.4, 0.5) is 18.9 Å². The summed E-state index contributed by atoms with van der Waals surface area (Å²) in [6.45, 7) is 1.61. The molecular formula is C20H13Cl2F3N2O4S. The summed E-state index contributed by atoms with van der Waals surface area (Å²) in [5, 5.41) is 0.344. The molecule has 6 nitrogen and oxygen atoms in total. The van der Waals surface area contributed by atoms with Gasteiger partial charge in [0.2, 0.25) is 5.78 Å². The largest absolute Gasteiger partial charge is 0.573 e. The highest BCUT2D eigenvalue weighted by molar-refractivity contribution is 7.92. The lowest BCUT2D eigenvalue weighted by molar-refractivity contribution is -0.274. The first-order valence-electron chi connectivity index (χ1n) is 8.71. The summed E-state index contributed by atoms with van der Waals surface area (Å²) in [5.74, 6) is -1.77. The molecule has 0 saturated carbocycles. The summed E-state index contributed by atoms with van der Waals surface area (Å²) < 4.78 is 69.9. The fourth-order valence-corrected chi connectivity index (χ4v) is 4.10. The average molecular weight is 505 g/mol. The van der Waals surface area contributed by atoms with Gasteiger partial charge in [-0.2, -0.15) is 0 Å². The number of halogens is 5. The smallest absolute Gasteiger partial charge is 0.405 e. The molecule has 1 N–H and O–H groups in total. The molecule has 0 radical (unpaired) electrons. The number of carbonyl (C=O) groups excluding carboxylic acids is 1. The first-order chi connectivity index (χ1) is 14.9. The van der Waals surface area contributed by atoms with E-state index in [1.54, 1.807) is 6.92 Å². The maximum atomic E-state index is 13.0. The van der Waals surface area contributed by atoms with Crippen LogP contribution in [-0.4, -0.2) is 25.5 Å². The lowest BCUT2D eigenvalue weighted by Crippen LogP contribution is -2.20. The number of aryl methyl sites for hydroxylation is 1. The second-order valence-corrected chi connectivity index (χ2v) is 8.97. The minimum atomic E-state index is -5.04. The van der Waals surface area contributed by atoms with Gasteiger partial charge in [-0.15, -0.1) is 13.2 Å². The standard InChI is InChI=1S/C20H13Cl2F3N2O4S/c1-11-8-13(6-7-15(11)22)32(29,30)27-16-9-12(21)10-26-18(16)19(28)14-4-2-3-5-17(14)31-20(23,24)25/h2-10,27H,1H3. The van der Waals surface area contributed by atoms with E-state index in [9.17, 15) is 26.4 Å². The van der Waals surface area contributed by atoms with Crippen LogP contribution in [0.2, 0.25) is 10.0 Å². The van der Waals surface area contributed by atoms with Gasteiger partial charge in [0.15, 0.2) is 0 Å². The van der Waals surface area contributed by atoms with Crippen LogP contribution in [-0.2, 0) is 10.0 Å². The van der Waals surface area contributed by atoms with Crippen molar-refractivity contribution < 1.29 is 31.1 Å². The summed E-state index contributed by atoms with van der Waals surface area (Å²) in [7, 11) is -4.22. The van der Waals surface area contributed by atoms with E-state index in [1.807, 2.05) is 0 Å². The number of alkyl halides is 3.